The molecule has 4 rings (SSSR count). The molecule has 2 N–H and O–H groups in total. The number of nitrogens with zero attached hydrogens (tertiary/aromatic N) is 1. The Bertz CT molecular complexity index is 1070. The highest BCUT2D eigenvalue weighted by Gasteiger charge is 2.20. The Labute approximate surface area is 152 Å². The first-order chi connectivity index (χ1) is 12.4. The van der Waals surface area contributed by atoms with Crippen LogP contribution in [0.15, 0.2) is 53.6 Å². The molecular weight excluding hydrogens is 352 g/mol. The summed E-state index contributed by atoms with van der Waals surface area (Å²) in [6.07, 6.45) is 1.73. The summed E-state index contributed by atoms with van der Waals surface area (Å²) in [5.41, 5.74) is 2.62. The molecule has 26 heavy (non-hydrogen) atoms. The maximum absolute atomic E-state index is 12.5. The molecule has 1 aliphatic heterocycles. The van der Waals surface area contributed by atoms with Crippen LogP contribution in [-0.4, -0.2) is 31.2 Å². The molecule has 136 valence electrons. The van der Waals surface area contributed by atoms with Crippen LogP contribution < -0.4 is 9.46 Å². The van der Waals surface area contributed by atoms with E-state index in [9.17, 15) is 13.5 Å². The molecule has 0 saturated heterocycles. The number of fused-ring (bicyclic) bond motifs is 2. The molecule has 6 nitrogen and oxygen atoms in total. The number of aryl methyl sites for hydroxylation is 1. The predicted molar refractivity (Wildman–Crippen MR) is 98.7 cm³/mol. The second-order valence-corrected chi connectivity index (χ2v) is 8.25. The van der Waals surface area contributed by atoms with Crippen molar-refractivity contribution in [1.82, 2.24) is 9.29 Å². The lowest BCUT2D eigenvalue weighted by Crippen LogP contribution is -2.28. The van der Waals surface area contributed by atoms with Gasteiger partial charge in [0.2, 0.25) is 10.0 Å². The Morgan fingerprint density at radius 3 is 2.92 bits per heavy atom. The summed E-state index contributed by atoms with van der Waals surface area (Å²) in [5.74, 6) is 0.736. The zero-order valence-corrected chi connectivity index (χ0v) is 15.2. The van der Waals surface area contributed by atoms with Crippen molar-refractivity contribution in [2.75, 3.05) is 13.2 Å². The first-order valence-corrected chi connectivity index (χ1v) is 9.91. The fourth-order valence-electron chi connectivity index (χ4n) is 3.23. The number of hydrogen-bond donors (Lipinski definition) is 2. The van der Waals surface area contributed by atoms with Gasteiger partial charge in [-0.2, -0.15) is 0 Å². The predicted octanol–water partition coefficient (Wildman–Crippen LogP) is 2.13. The van der Waals surface area contributed by atoms with Crippen LogP contribution >= 0.6 is 0 Å². The molecule has 1 atom stereocenters. The van der Waals surface area contributed by atoms with E-state index in [4.69, 9.17) is 4.74 Å². The third-order valence-electron chi connectivity index (χ3n) is 4.73. The summed E-state index contributed by atoms with van der Waals surface area (Å²) in [7, 11) is -1.74. The Morgan fingerprint density at radius 1 is 1.23 bits per heavy atom. The number of benzene rings is 2. The van der Waals surface area contributed by atoms with E-state index in [-0.39, 0.29) is 11.4 Å². The van der Waals surface area contributed by atoms with Crippen molar-refractivity contribution in [3.8, 4) is 5.75 Å². The summed E-state index contributed by atoms with van der Waals surface area (Å²) in [6.45, 7) is 0.487. The van der Waals surface area contributed by atoms with Crippen molar-refractivity contribution >= 4 is 20.9 Å². The zero-order valence-electron chi connectivity index (χ0n) is 14.3. The van der Waals surface area contributed by atoms with Gasteiger partial charge in [-0.1, -0.05) is 6.07 Å². The highest BCUT2D eigenvalue weighted by atomic mass is 32.2. The smallest absolute Gasteiger partial charge is 0.240 e. The van der Waals surface area contributed by atoms with E-state index in [0.717, 1.165) is 22.2 Å². The summed E-state index contributed by atoms with van der Waals surface area (Å²) in [6, 6.07) is 12.4. The molecule has 2 heterocycles. The van der Waals surface area contributed by atoms with Gasteiger partial charge in [0, 0.05) is 31.7 Å². The van der Waals surface area contributed by atoms with E-state index in [1.54, 1.807) is 12.1 Å². The van der Waals surface area contributed by atoms with Crippen LogP contribution in [0.5, 0.6) is 5.75 Å². The number of ether oxygens (including phenoxy) is 1. The molecule has 1 aromatic heterocycles. The maximum Gasteiger partial charge on any atom is 0.240 e. The largest absolute Gasteiger partial charge is 0.493 e. The minimum absolute atomic E-state index is 0.0890. The monoisotopic (exact) mass is 372 g/mol. The van der Waals surface area contributed by atoms with Gasteiger partial charge in [0.25, 0.3) is 0 Å². The van der Waals surface area contributed by atoms with Crippen LogP contribution in [0, 0.1) is 0 Å². The van der Waals surface area contributed by atoms with E-state index in [1.165, 1.54) is 6.07 Å². The van der Waals surface area contributed by atoms with Crippen LogP contribution in [0.1, 0.15) is 17.2 Å². The third-order valence-corrected chi connectivity index (χ3v) is 6.15. The average Bonchev–Trinajstić information content (AvgIpc) is 3.25. The fourth-order valence-corrected chi connectivity index (χ4v) is 4.32. The highest BCUT2D eigenvalue weighted by Crippen LogP contribution is 2.27. The molecule has 0 spiro atoms. The summed E-state index contributed by atoms with van der Waals surface area (Å²) < 4.78 is 34.9. The molecule has 3 aromatic rings. The standard InChI is InChI=1S/C19H20N2O4S/c1-21-8-6-13-10-14(2-4-17(13)21)18(22)12-20-26(23,24)16-3-5-19-15(11-16)7-9-25-19/h2-6,8,10-11,18,20,22H,7,9,12H2,1H3. The van der Waals surface area contributed by atoms with Gasteiger partial charge >= 0.3 is 0 Å². The van der Waals surface area contributed by atoms with Crippen molar-refractivity contribution in [2.45, 2.75) is 17.4 Å². The molecule has 0 fully saturated rings. The number of aliphatic hydroxyl groups is 1. The van der Waals surface area contributed by atoms with Crippen LogP contribution in [0.3, 0.4) is 0 Å². The first-order valence-electron chi connectivity index (χ1n) is 8.42. The number of aliphatic hydroxyl groups excluding tert-OH is 1. The van der Waals surface area contributed by atoms with Gasteiger partial charge in [-0.25, -0.2) is 13.1 Å². The lowest BCUT2D eigenvalue weighted by atomic mass is 10.1. The minimum Gasteiger partial charge on any atom is -0.493 e. The van der Waals surface area contributed by atoms with Gasteiger partial charge in [-0.15, -0.1) is 0 Å². The van der Waals surface area contributed by atoms with Crippen LogP contribution in [0.25, 0.3) is 10.9 Å². The van der Waals surface area contributed by atoms with Gasteiger partial charge in [0.1, 0.15) is 5.75 Å². The maximum atomic E-state index is 12.5. The average molecular weight is 372 g/mol. The second-order valence-electron chi connectivity index (χ2n) is 6.48. The molecule has 1 unspecified atom stereocenters. The molecule has 0 amide bonds. The van der Waals surface area contributed by atoms with E-state index in [1.807, 2.05) is 42.1 Å². The molecule has 0 bridgehead atoms. The Kier molecular flexibility index (Phi) is 4.22. The zero-order chi connectivity index (χ0) is 18.3. The van der Waals surface area contributed by atoms with E-state index >= 15 is 0 Å². The van der Waals surface area contributed by atoms with Crippen LogP contribution in [-0.2, 0) is 23.5 Å². The van der Waals surface area contributed by atoms with Crippen molar-refractivity contribution in [3.63, 3.8) is 0 Å². The van der Waals surface area contributed by atoms with Gasteiger partial charge < -0.3 is 14.4 Å². The van der Waals surface area contributed by atoms with Gasteiger partial charge in [0.05, 0.1) is 17.6 Å². The van der Waals surface area contributed by atoms with Crippen molar-refractivity contribution < 1.29 is 18.3 Å². The normalized spacial score (nSPS) is 15.0. The number of rotatable bonds is 5. The van der Waals surface area contributed by atoms with Gasteiger partial charge in [-0.3, -0.25) is 0 Å². The topological polar surface area (TPSA) is 80.6 Å². The van der Waals surface area contributed by atoms with E-state index < -0.39 is 16.1 Å². The molecular formula is C19H20N2O4S. The van der Waals surface area contributed by atoms with Crippen molar-refractivity contribution in [2.24, 2.45) is 7.05 Å². The lowest BCUT2D eigenvalue weighted by molar-refractivity contribution is 0.182. The van der Waals surface area contributed by atoms with Crippen LogP contribution in [0.4, 0.5) is 0 Å². The molecule has 2 aromatic carbocycles. The number of hydrogen-bond acceptors (Lipinski definition) is 4. The molecule has 0 saturated carbocycles. The van der Waals surface area contributed by atoms with E-state index in [2.05, 4.69) is 4.72 Å². The van der Waals surface area contributed by atoms with Gasteiger partial charge in [0.15, 0.2) is 0 Å². The Balaban J connectivity index is 1.49. The van der Waals surface area contributed by atoms with Crippen molar-refractivity contribution in [3.05, 3.63) is 59.8 Å². The first kappa shape index (κ1) is 17.1. The molecule has 1 aliphatic rings. The van der Waals surface area contributed by atoms with Crippen molar-refractivity contribution in [1.29, 1.82) is 0 Å². The third kappa shape index (κ3) is 3.09. The summed E-state index contributed by atoms with van der Waals surface area (Å²) in [4.78, 5) is 0.187. The highest BCUT2D eigenvalue weighted by molar-refractivity contribution is 7.89. The molecule has 7 heteroatoms. The minimum atomic E-state index is -3.69. The van der Waals surface area contributed by atoms with Gasteiger partial charge in [-0.05, 0) is 52.9 Å². The lowest BCUT2D eigenvalue weighted by Gasteiger charge is -2.13. The Hall–Kier alpha value is -2.35. The number of aromatic nitrogens is 1. The fraction of sp³-hybridized carbons (Fsp3) is 0.263. The second kappa shape index (κ2) is 6.42. The quantitative estimate of drug-likeness (QED) is 0.719. The summed E-state index contributed by atoms with van der Waals surface area (Å²) >= 11 is 0. The summed E-state index contributed by atoms with van der Waals surface area (Å²) in [5, 5.41) is 11.4. The Morgan fingerprint density at radius 2 is 2.08 bits per heavy atom. The van der Waals surface area contributed by atoms with Crippen LogP contribution in [0.2, 0.25) is 0 Å². The SMILES string of the molecule is Cn1ccc2cc(C(O)CNS(=O)(=O)c3ccc4c(c3)CCO4)ccc21. The number of nitrogens with one attached hydrogen (secondary N) is 1. The molecule has 0 aliphatic carbocycles. The number of sulfonamides is 1. The van der Waals surface area contributed by atoms with E-state index in [0.29, 0.717) is 18.6 Å². The molecule has 0 radical (unpaired) electrons.